The fourth-order valence-electron chi connectivity index (χ4n) is 2.05. The summed E-state index contributed by atoms with van der Waals surface area (Å²) in [5, 5.41) is -0.195. The summed E-state index contributed by atoms with van der Waals surface area (Å²) < 4.78 is 10.5. The first kappa shape index (κ1) is 13.8. The van der Waals surface area contributed by atoms with Crippen LogP contribution in [0.25, 0.3) is 0 Å². The fourth-order valence-corrected chi connectivity index (χ4v) is 2.32. The highest BCUT2D eigenvalue weighted by Crippen LogP contribution is 2.32. The summed E-state index contributed by atoms with van der Waals surface area (Å²) in [6, 6.07) is 13.8. The van der Waals surface area contributed by atoms with Crippen molar-refractivity contribution in [2.24, 2.45) is 0 Å². The van der Waals surface area contributed by atoms with E-state index in [0.717, 1.165) is 28.2 Å². The highest BCUT2D eigenvalue weighted by molar-refractivity contribution is 6.22. The maximum Gasteiger partial charge on any atom is 0.121 e. The van der Waals surface area contributed by atoms with Crippen LogP contribution in [-0.4, -0.2) is 14.2 Å². The van der Waals surface area contributed by atoms with Gasteiger partial charge in [-0.15, -0.1) is 11.6 Å². The number of rotatable bonds is 4. The van der Waals surface area contributed by atoms with E-state index in [2.05, 4.69) is 6.07 Å². The summed E-state index contributed by atoms with van der Waals surface area (Å²) >= 11 is 6.53. The molecule has 0 bridgehead atoms. The first-order valence-corrected chi connectivity index (χ1v) is 6.52. The molecule has 2 rings (SSSR count). The number of hydrogen-bond donors (Lipinski definition) is 0. The van der Waals surface area contributed by atoms with Gasteiger partial charge in [0.2, 0.25) is 0 Å². The Balaban J connectivity index is 2.32. The van der Waals surface area contributed by atoms with Crippen molar-refractivity contribution < 1.29 is 9.47 Å². The molecule has 2 aromatic carbocycles. The zero-order chi connectivity index (χ0) is 13.8. The van der Waals surface area contributed by atoms with E-state index in [1.807, 2.05) is 43.3 Å². The van der Waals surface area contributed by atoms with Gasteiger partial charge < -0.3 is 9.47 Å². The van der Waals surface area contributed by atoms with E-state index in [4.69, 9.17) is 21.1 Å². The van der Waals surface area contributed by atoms with Crippen molar-refractivity contribution in [3.8, 4) is 11.5 Å². The number of ether oxygens (including phenoxy) is 2. The molecule has 0 aliphatic carbocycles. The molecule has 19 heavy (non-hydrogen) atoms. The molecule has 2 nitrogen and oxygen atoms in total. The minimum absolute atomic E-state index is 0.195. The van der Waals surface area contributed by atoms with E-state index >= 15 is 0 Å². The molecule has 0 heterocycles. The number of hydrogen-bond acceptors (Lipinski definition) is 2. The molecule has 0 spiro atoms. The lowest BCUT2D eigenvalue weighted by Crippen LogP contribution is -1.96. The molecule has 0 amide bonds. The molecular weight excluding hydrogens is 260 g/mol. The fraction of sp³-hybridized carbons (Fsp3) is 0.250. The molecule has 1 unspecified atom stereocenters. The standard InChI is InChI=1S/C16H17ClO2/c1-11-9-13(7-8-15(11)19-3)16(17)12-5-4-6-14(10-12)18-2/h4-10,16H,1-3H3. The van der Waals surface area contributed by atoms with Gasteiger partial charge in [0.25, 0.3) is 0 Å². The molecular formula is C16H17ClO2. The average Bonchev–Trinajstić information content (AvgIpc) is 2.46. The Hall–Kier alpha value is -1.67. The lowest BCUT2D eigenvalue weighted by molar-refractivity contribution is 0.411. The predicted octanol–water partition coefficient (Wildman–Crippen LogP) is 4.34. The first-order chi connectivity index (χ1) is 9.15. The Morgan fingerprint density at radius 2 is 1.68 bits per heavy atom. The molecule has 2 aromatic rings. The highest BCUT2D eigenvalue weighted by Gasteiger charge is 2.12. The van der Waals surface area contributed by atoms with Crippen molar-refractivity contribution in [3.63, 3.8) is 0 Å². The Morgan fingerprint density at radius 3 is 2.32 bits per heavy atom. The van der Waals surface area contributed by atoms with E-state index in [9.17, 15) is 0 Å². The molecule has 0 aliphatic rings. The number of methoxy groups -OCH3 is 2. The summed E-state index contributed by atoms with van der Waals surface area (Å²) in [4.78, 5) is 0. The van der Waals surface area contributed by atoms with Crippen molar-refractivity contribution in [1.29, 1.82) is 0 Å². The summed E-state index contributed by atoms with van der Waals surface area (Å²) in [6.07, 6.45) is 0. The van der Waals surface area contributed by atoms with Crippen LogP contribution >= 0.6 is 11.6 Å². The Labute approximate surface area is 118 Å². The monoisotopic (exact) mass is 276 g/mol. The van der Waals surface area contributed by atoms with Crippen LogP contribution in [0.15, 0.2) is 42.5 Å². The van der Waals surface area contributed by atoms with Crippen LogP contribution in [0.5, 0.6) is 11.5 Å². The Bertz CT molecular complexity index is 566. The van der Waals surface area contributed by atoms with Gasteiger partial charge in [0.1, 0.15) is 11.5 Å². The molecule has 0 aromatic heterocycles. The second kappa shape index (κ2) is 5.98. The van der Waals surface area contributed by atoms with Crippen LogP contribution in [0.4, 0.5) is 0 Å². The molecule has 0 radical (unpaired) electrons. The van der Waals surface area contributed by atoms with Crippen LogP contribution in [0.2, 0.25) is 0 Å². The van der Waals surface area contributed by atoms with Gasteiger partial charge in [-0.3, -0.25) is 0 Å². The molecule has 0 N–H and O–H groups in total. The zero-order valence-electron chi connectivity index (χ0n) is 11.3. The van der Waals surface area contributed by atoms with E-state index in [1.54, 1.807) is 14.2 Å². The van der Waals surface area contributed by atoms with Crippen LogP contribution < -0.4 is 9.47 Å². The third-order valence-corrected chi connectivity index (χ3v) is 3.60. The minimum Gasteiger partial charge on any atom is -0.497 e. The third-order valence-electron chi connectivity index (χ3n) is 3.10. The SMILES string of the molecule is COc1cccc(C(Cl)c2ccc(OC)c(C)c2)c1. The maximum absolute atomic E-state index is 6.53. The summed E-state index contributed by atoms with van der Waals surface area (Å²) in [5.74, 6) is 1.69. The van der Waals surface area contributed by atoms with Gasteiger partial charge in [-0.05, 0) is 41.8 Å². The van der Waals surface area contributed by atoms with E-state index in [0.29, 0.717) is 0 Å². The summed E-state index contributed by atoms with van der Waals surface area (Å²) in [7, 11) is 3.32. The van der Waals surface area contributed by atoms with Gasteiger partial charge in [0.05, 0.1) is 19.6 Å². The van der Waals surface area contributed by atoms with Gasteiger partial charge in [-0.25, -0.2) is 0 Å². The zero-order valence-corrected chi connectivity index (χ0v) is 12.1. The predicted molar refractivity (Wildman–Crippen MR) is 78.4 cm³/mol. The second-order valence-corrected chi connectivity index (χ2v) is 4.80. The topological polar surface area (TPSA) is 18.5 Å². The van der Waals surface area contributed by atoms with Gasteiger partial charge >= 0.3 is 0 Å². The third kappa shape index (κ3) is 3.02. The minimum atomic E-state index is -0.195. The van der Waals surface area contributed by atoms with Gasteiger partial charge in [-0.2, -0.15) is 0 Å². The van der Waals surface area contributed by atoms with Crippen molar-refractivity contribution >= 4 is 11.6 Å². The molecule has 3 heteroatoms. The van der Waals surface area contributed by atoms with E-state index in [-0.39, 0.29) is 5.38 Å². The van der Waals surface area contributed by atoms with Gasteiger partial charge in [0.15, 0.2) is 0 Å². The summed E-state index contributed by atoms with van der Waals surface area (Å²) in [6.45, 7) is 2.01. The van der Waals surface area contributed by atoms with Crippen molar-refractivity contribution in [2.45, 2.75) is 12.3 Å². The van der Waals surface area contributed by atoms with E-state index < -0.39 is 0 Å². The normalized spacial score (nSPS) is 12.0. The Morgan fingerprint density at radius 1 is 0.947 bits per heavy atom. The highest BCUT2D eigenvalue weighted by atomic mass is 35.5. The van der Waals surface area contributed by atoms with Crippen LogP contribution in [0.3, 0.4) is 0 Å². The molecule has 0 aliphatic heterocycles. The second-order valence-electron chi connectivity index (χ2n) is 4.37. The van der Waals surface area contributed by atoms with Crippen molar-refractivity contribution in [2.75, 3.05) is 14.2 Å². The number of halogens is 1. The smallest absolute Gasteiger partial charge is 0.121 e. The van der Waals surface area contributed by atoms with Crippen LogP contribution in [-0.2, 0) is 0 Å². The van der Waals surface area contributed by atoms with Gasteiger partial charge in [0, 0.05) is 0 Å². The first-order valence-electron chi connectivity index (χ1n) is 6.08. The largest absolute Gasteiger partial charge is 0.497 e. The lowest BCUT2D eigenvalue weighted by atomic mass is 10.0. The molecule has 100 valence electrons. The number of benzene rings is 2. The molecule has 0 saturated heterocycles. The van der Waals surface area contributed by atoms with Crippen molar-refractivity contribution in [3.05, 3.63) is 59.2 Å². The van der Waals surface area contributed by atoms with Gasteiger partial charge in [-0.1, -0.05) is 24.3 Å². The molecule has 1 atom stereocenters. The lowest BCUT2D eigenvalue weighted by Gasteiger charge is -2.13. The van der Waals surface area contributed by atoms with E-state index in [1.165, 1.54) is 0 Å². The summed E-state index contributed by atoms with van der Waals surface area (Å²) in [5.41, 5.74) is 3.15. The molecule has 0 saturated carbocycles. The van der Waals surface area contributed by atoms with Crippen LogP contribution in [0.1, 0.15) is 22.1 Å². The number of aryl methyl sites for hydroxylation is 1. The van der Waals surface area contributed by atoms with Crippen LogP contribution in [0, 0.1) is 6.92 Å². The quantitative estimate of drug-likeness (QED) is 0.774. The maximum atomic E-state index is 6.53. The van der Waals surface area contributed by atoms with Crippen molar-refractivity contribution in [1.82, 2.24) is 0 Å². The molecule has 0 fully saturated rings. The Kier molecular flexibility index (Phi) is 4.33. The average molecular weight is 277 g/mol. The number of alkyl halides is 1.